The van der Waals surface area contributed by atoms with E-state index >= 15 is 0 Å². The Morgan fingerprint density at radius 2 is 1.27 bits per heavy atom. The van der Waals surface area contributed by atoms with E-state index in [1.54, 1.807) is 0 Å². The van der Waals surface area contributed by atoms with Gasteiger partial charge in [-0.1, -0.05) is 91.0 Å². The molecule has 4 rings (SSSR count). The lowest BCUT2D eigenvalue weighted by atomic mass is 10.1. The Labute approximate surface area is 179 Å². The molecule has 1 fully saturated rings. The highest BCUT2D eigenvalue weighted by Crippen LogP contribution is 2.52. The highest BCUT2D eigenvalue weighted by atomic mass is 16.5. The van der Waals surface area contributed by atoms with Crippen LogP contribution < -0.4 is 0 Å². The molecule has 0 radical (unpaired) electrons. The van der Waals surface area contributed by atoms with Crippen LogP contribution in [0, 0.1) is 5.92 Å². The van der Waals surface area contributed by atoms with Gasteiger partial charge in [0.15, 0.2) is 0 Å². The number of nitrogens with zero attached hydrogens (tertiary/aromatic N) is 1. The maximum Gasteiger partial charge on any atom is 0.0717 e. The topological polar surface area (TPSA) is 32.7 Å². The van der Waals surface area contributed by atoms with E-state index < -0.39 is 0 Å². The normalized spacial score (nSPS) is 20.4. The molecule has 1 N–H and O–H groups in total. The van der Waals surface area contributed by atoms with Crippen molar-refractivity contribution < 1.29 is 9.84 Å². The maximum atomic E-state index is 9.61. The average Bonchev–Trinajstić information content (AvgIpc) is 3.49. The van der Waals surface area contributed by atoms with Gasteiger partial charge in [0, 0.05) is 25.2 Å². The number of benzene rings is 3. The molecular weight excluding hydrogens is 370 g/mol. The van der Waals surface area contributed by atoms with Crippen molar-refractivity contribution in [3.05, 3.63) is 108 Å². The maximum absolute atomic E-state index is 9.61. The number of aliphatic hydroxyl groups is 1. The summed E-state index contributed by atoms with van der Waals surface area (Å²) in [4.78, 5) is 2.57. The molecular formula is C27H31NO2. The number of rotatable bonds is 11. The summed E-state index contributed by atoms with van der Waals surface area (Å²) in [6.07, 6.45) is 1.90. The first-order chi connectivity index (χ1) is 14.8. The zero-order valence-corrected chi connectivity index (χ0v) is 17.5. The fourth-order valence-electron chi connectivity index (χ4n) is 4.45. The third kappa shape index (κ3) is 5.17. The highest BCUT2D eigenvalue weighted by Gasteiger charge is 2.57. The first kappa shape index (κ1) is 20.8. The van der Waals surface area contributed by atoms with Gasteiger partial charge >= 0.3 is 0 Å². The third-order valence-corrected chi connectivity index (χ3v) is 6.20. The van der Waals surface area contributed by atoms with Crippen molar-refractivity contribution in [3.63, 3.8) is 0 Å². The van der Waals surface area contributed by atoms with E-state index in [-0.39, 0.29) is 12.1 Å². The van der Waals surface area contributed by atoms with Crippen LogP contribution in [-0.2, 0) is 24.4 Å². The predicted octanol–water partition coefficient (Wildman–Crippen LogP) is 5.05. The fourth-order valence-corrected chi connectivity index (χ4v) is 4.45. The van der Waals surface area contributed by atoms with Crippen molar-refractivity contribution in [1.82, 2.24) is 4.90 Å². The Kier molecular flexibility index (Phi) is 6.96. The number of aliphatic hydroxyl groups excluding tert-OH is 1. The summed E-state index contributed by atoms with van der Waals surface area (Å²) in [6.45, 7) is 3.31. The summed E-state index contributed by atoms with van der Waals surface area (Å²) in [5.41, 5.74) is 3.80. The zero-order chi connectivity index (χ0) is 20.7. The van der Waals surface area contributed by atoms with Gasteiger partial charge in [-0.2, -0.15) is 0 Å². The van der Waals surface area contributed by atoms with Crippen molar-refractivity contribution >= 4 is 0 Å². The van der Waals surface area contributed by atoms with Gasteiger partial charge in [0.2, 0.25) is 0 Å². The van der Waals surface area contributed by atoms with Crippen molar-refractivity contribution in [2.24, 2.45) is 5.92 Å². The van der Waals surface area contributed by atoms with Crippen molar-refractivity contribution in [2.45, 2.75) is 38.1 Å². The Morgan fingerprint density at radius 3 is 1.77 bits per heavy atom. The Bertz CT molecular complexity index is 843. The van der Waals surface area contributed by atoms with Crippen LogP contribution in [0.5, 0.6) is 0 Å². The minimum atomic E-state index is -0.0246. The van der Waals surface area contributed by atoms with Gasteiger partial charge in [-0.15, -0.1) is 0 Å². The van der Waals surface area contributed by atoms with Crippen molar-refractivity contribution in [3.8, 4) is 0 Å². The van der Waals surface area contributed by atoms with E-state index in [0.717, 1.165) is 25.9 Å². The van der Waals surface area contributed by atoms with Crippen LogP contribution in [0.15, 0.2) is 91.0 Å². The van der Waals surface area contributed by atoms with E-state index in [9.17, 15) is 5.11 Å². The molecule has 0 bridgehead atoms. The summed E-state index contributed by atoms with van der Waals surface area (Å²) in [7, 11) is 0. The monoisotopic (exact) mass is 401 g/mol. The van der Waals surface area contributed by atoms with Crippen LogP contribution in [0.1, 0.15) is 29.5 Å². The molecule has 0 spiro atoms. The third-order valence-electron chi connectivity index (χ3n) is 6.20. The van der Waals surface area contributed by atoms with Crippen molar-refractivity contribution in [1.29, 1.82) is 0 Å². The van der Waals surface area contributed by atoms with E-state index in [0.29, 0.717) is 19.1 Å². The fraction of sp³-hybridized carbons (Fsp3) is 0.333. The summed E-state index contributed by atoms with van der Waals surface area (Å²) in [6, 6.07) is 31.7. The molecule has 3 aromatic rings. The second-order valence-electron chi connectivity index (χ2n) is 8.32. The zero-order valence-electron chi connectivity index (χ0n) is 17.5. The highest BCUT2D eigenvalue weighted by molar-refractivity contribution is 5.21. The van der Waals surface area contributed by atoms with Gasteiger partial charge in [0.25, 0.3) is 0 Å². The Hall–Kier alpha value is -2.46. The summed E-state index contributed by atoms with van der Waals surface area (Å²) in [5, 5.41) is 9.61. The summed E-state index contributed by atoms with van der Waals surface area (Å²) >= 11 is 0. The molecule has 0 amide bonds. The molecule has 1 aliphatic rings. The Morgan fingerprint density at radius 1 is 0.767 bits per heavy atom. The molecule has 3 aromatic carbocycles. The first-order valence-electron chi connectivity index (χ1n) is 10.9. The molecule has 0 heterocycles. The molecule has 0 aliphatic heterocycles. The minimum Gasteiger partial charge on any atom is -0.396 e. The standard InChI is InChI=1S/C27H31NO2/c29-17-16-26-18-27(26,22-30-21-25-14-8-3-9-15-25)28(19-23-10-4-1-5-11-23)20-24-12-6-2-7-13-24/h1-15,26,29H,16-22H2/t26-,27-/m0/s1. The lowest BCUT2D eigenvalue weighted by Crippen LogP contribution is -2.42. The van der Waals surface area contributed by atoms with Crippen LogP contribution in [0.25, 0.3) is 0 Å². The van der Waals surface area contributed by atoms with Gasteiger partial charge in [0.05, 0.1) is 13.2 Å². The first-order valence-corrected chi connectivity index (χ1v) is 10.9. The largest absolute Gasteiger partial charge is 0.396 e. The molecule has 1 saturated carbocycles. The predicted molar refractivity (Wildman–Crippen MR) is 121 cm³/mol. The average molecular weight is 402 g/mol. The van der Waals surface area contributed by atoms with Crippen LogP contribution in [0.4, 0.5) is 0 Å². The molecule has 0 unspecified atom stereocenters. The van der Waals surface area contributed by atoms with Gasteiger partial charge in [0.1, 0.15) is 0 Å². The van der Waals surface area contributed by atoms with Crippen LogP contribution in [0.2, 0.25) is 0 Å². The summed E-state index contributed by atoms with van der Waals surface area (Å²) < 4.78 is 6.26. The minimum absolute atomic E-state index is 0.0246. The molecule has 2 atom stereocenters. The molecule has 0 aromatic heterocycles. The number of hydrogen-bond donors (Lipinski definition) is 1. The van der Waals surface area contributed by atoms with Gasteiger partial charge in [-0.05, 0) is 35.4 Å². The van der Waals surface area contributed by atoms with Gasteiger partial charge in [-0.25, -0.2) is 0 Å². The van der Waals surface area contributed by atoms with E-state index in [4.69, 9.17) is 4.74 Å². The van der Waals surface area contributed by atoms with E-state index in [1.807, 2.05) is 6.07 Å². The smallest absolute Gasteiger partial charge is 0.0717 e. The van der Waals surface area contributed by atoms with Crippen LogP contribution in [-0.4, -0.2) is 28.8 Å². The van der Waals surface area contributed by atoms with Gasteiger partial charge in [-0.3, -0.25) is 4.90 Å². The van der Waals surface area contributed by atoms with E-state index in [2.05, 4.69) is 89.8 Å². The SMILES string of the molecule is OCC[C@H]1C[C@@]1(COCc1ccccc1)N(Cc1ccccc1)Cc1ccccc1. The quantitative estimate of drug-likeness (QED) is 0.488. The van der Waals surface area contributed by atoms with Crippen LogP contribution >= 0.6 is 0 Å². The molecule has 30 heavy (non-hydrogen) atoms. The second kappa shape index (κ2) is 10.0. The molecule has 3 heteroatoms. The lowest BCUT2D eigenvalue weighted by Gasteiger charge is -2.33. The summed E-state index contributed by atoms with van der Waals surface area (Å²) in [5.74, 6) is 0.464. The number of ether oxygens (including phenoxy) is 1. The molecule has 156 valence electrons. The lowest BCUT2D eigenvalue weighted by molar-refractivity contribution is 0.0197. The molecule has 1 aliphatic carbocycles. The molecule has 0 saturated heterocycles. The van der Waals surface area contributed by atoms with Crippen molar-refractivity contribution in [2.75, 3.05) is 13.2 Å². The van der Waals surface area contributed by atoms with Crippen LogP contribution in [0.3, 0.4) is 0 Å². The second-order valence-corrected chi connectivity index (χ2v) is 8.32. The van der Waals surface area contributed by atoms with E-state index in [1.165, 1.54) is 16.7 Å². The molecule has 3 nitrogen and oxygen atoms in total. The Balaban J connectivity index is 1.53. The van der Waals surface area contributed by atoms with Gasteiger partial charge < -0.3 is 9.84 Å². The number of hydrogen-bond acceptors (Lipinski definition) is 3.